The zero-order valence-corrected chi connectivity index (χ0v) is 24.7. The van der Waals surface area contributed by atoms with Gasteiger partial charge in [0.05, 0.1) is 13.2 Å². The van der Waals surface area contributed by atoms with E-state index in [0.29, 0.717) is 38.2 Å². The summed E-state index contributed by atoms with van der Waals surface area (Å²) in [6.07, 6.45) is -0.495. The molecular formula is C37H38N2O4. The molecule has 0 aliphatic carbocycles. The molecule has 2 heterocycles. The summed E-state index contributed by atoms with van der Waals surface area (Å²) in [5.41, 5.74) is 3.74. The number of benzene rings is 4. The van der Waals surface area contributed by atoms with Gasteiger partial charge in [0.25, 0.3) is 0 Å². The van der Waals surface area contributed by atoms with Gasteiger partial charge in [-0.1, -0.05) is 121 Å². The van der Waals surface area contributed by atoms with Gasteiger partial charge in [-0.3, -0.25) is 0 Å². The van der Waals surface area contributed by atoms with Gasteiger partial charge in [-0.2, -0.15) is 0 Å². The molecule has 0 amide bonds. The van der Waals surface area contributed by atoms with E-state index in [1.165, 1.54) is 0 Å². The van der Waals surface area contributed by atoms with Crippen molar-refractivity contribution in [2.75, 3.05) is 13.2 Å². The van der Waals surface area contributed by atoms with Gasteiger partial charge in [-0.25, -0.2) is 9.98 Å². The molecule has 4 aromatic rings. The first-order valence-electron chi connectivity index (χ1n) is 14.9. The molecule has 43 heavy (non-hydrogen) atoms. The highest BCUT2D eigenvalue weighted by Gasteiger charge is 2.44. The number of hydrogen-bond donors (Lipinski definition) is 0. The predicted octanol–water partition coefficient (Wildman–Crippen LogP) is 7.52. The number of aliphatic imine (C=N–C) groups is 2. The Morgan fingerprint density at radius 3 is 1.30 bits per heavy atom. The van der Waals surface area contributed by atoms with E-state index in [4.69, 9.17) is 28.9 Å². The van der Waals surface area contributed by atoms with Crippen molar-refractivity contribution in [3.8, 4) is 0 Å². The Morgan fingerprint density at radius 1 is 0.581 bits per heavy atom. The maximum Gasteiger partial charge on any atom is 0.199 e. The Labute approximate surface area is 254 Å². The van der Waals surface area contributed by atoms with E-state index < -0.39 is 5.41 Å². The minimum atomic E-state index is -0.648. The third-order valence-electron chi connectivity index (χ3n) is 7.92. The lowest BCUT2D eigenvalue weighted by Crippen LogP contribution is -2.34. The van der Waals surface area contributed by atoms with Crippen LogP contribution in [0.25, 0.3) is 0 Å². The zero-order chi connectivity index (χ0) is 29.5. The summed E-state index contributed by atoms with van der Waals surface area (Å²) in [7, 11) is 0. The molecule has 0 unspecified atom stereocenters. The fraction of sp³-hybridized carbons (Fsp3) is 0.297. The third kappa shape index (κ3) is 6.87. The lowest BCUT2D eigenvalue weighted by molar-refractivity contribution is 0.0169. The SMILES string of the molecule is CC(C)(C1=N[C@H]([C@@H](OCc2ccccc2)c2ccccc2)CO1)C1=N[C@H]([C@@H](OCc2ccccc2)c2ccccc2)CO1. The van der Waals surface area contributed by atoms with Crippen LogP contribution in [0.1, 0.15) is 48.3 Å². The van der Waals surface area contributed by atoms with Gasteiger partial charge in [0, 0.05) is 0 Å². The van der Waals surface area contributed by atoms with Crippen LogP contribution < -0.4 is 0 Å². The van der Waals surface area contributed by atoms with Crippen LogP contribution in [0.2, 0.25) is 0 Å². The number of nitrogens with zero attached hydrogens (tertiary/aromatic N) is 2. The molecule has 0 aromatic heterocycles. The van der Waals surface area contributed by atoms with Crippen LogP contribution >= 0.6 is 0 Å². The molecule has 2 aliphatic rings. The molecule has 0 spiro atoms. The molecule has 0 radical (unpaired) electrons. The second-order valence-corrected chi connectivity index (χ2v) is 11.5. The minimum absolute atomic E-state index is 0.190. The summed E-state index contributed by atoms with van der Waals surface area (Å²) in [6, 6.07) is 40.5. The van der Waals surface area contributed by atoms with E-state index in [9.17, 15) is 0 Å². The average Bonchev–Trinajstić information content (AvgIpc) is 3.76. The third-order valence-corrected chi connectivity index (χ3v) is 7.92. The molecule has 6 heteroatoms. The zero-order valence-electron chi connectivity index (χ0n) is 24.7. The topological polar surface area (TPSA) is 61.6 Å². The van der Waals surface area contributed by atoms with Crippen molar-refractivity contribution in [1.82, 2.24) is 0 Å². The highest BCUT2D eigenvalue weighted by Crippen LogP contribution is 2.36. The number of rotatable bonds is 12. The normalized spacial score (nSPS) is 19.6. The maximum atomic E-state index is 6.48. The van der Waals surface area contributed by atoms with Crippen LogP contribution in [0.5, 0.6) is 0 Å². The smallest absolute Gasteiger partial charge is 0.199 e. The monoisotopic (exact) mass is 574 g/mol. The molecule has 2 aliphatic heterocycles. The molecule has 0 bridgehead atoms. The second-order valence-electron chi connectivity index (χ2n) is 11.5. The van der Waals surface area contributed by atoms with Gasteiger partial charge in [-0.05, 0) is 36.1 Å². The molecule has 0 N–H and O–H groups in total. The second kappa shape index (κ2) is 13.4. The molecule has 4 atom stereocenters. The van der Waals surface area contributed by atoms with E-state index in [1.807, 2.05) is 72.8 Å². The highest BCUT2D eigenvalue weighted by atomic mass is 16.5. The molecule has 220 valence electrons. The summed E-state index contributed by atoms with van der Waals surface area (Å²) in [4.78, 5) is 10.1. The van der Waals surface area contributed by atoms with E-state index in [2.05, 4.69) is 62.4 Å². The maximum absolute atomic E-state index is 6.48. The van der Waals surface area contributed by atoms with Crippen molar-refractivity contribution in [3.63, 3.8) is 0 Å². The van der Waals surface area contributed by atoms with Crippen LogP contribution in [0.3, 0.4) is 0 Å². The Hall–Kier alpha value is -4.26. The summed E-state index contributed by atoms with van der Waals surface area (Å²) in [6.45, 7) is 5.95. The Bertz CT molecular complexity index is 1390. The van der Waals surface area contributed by atoms with Crippen LogP contribution in [0.15, 0.2) is 131 Å². The quantitative estimate of drug-likeness (QED) is 0.176. The molecule has 4 aromatic carbocycles. The summed E-state index contributed by atoms with van der Waals surface area (Å²) in [5.74, 6) is 1.23. The van der Waals surface area contributed by atoms with Crippen molar-refractivity contribution in [1.29, 1.82) is 0 Å². The van der Waals surface area contributed by atoms with Crippen LogP contribution in [0.4, 0.5) is 0 Å². The van der Waals surface area contributed by atoms with Crippen molar-refractivity contribution >= 4 is 11.8 Å². The van der Waals surface area contributed by atoms with Crippen LogP contribution in [-0.2, 0) is 32.2 Å². The Kier molecular flexibility index (Phi) is 8.96. The molecule has 0 saturated heterocycles. The lowest BCUT2D eigenvalue weighted by atomic mass is 9.92. The molecule has 6 nitrogen and oxygen atoms in total. The van der Waals surface area contributed by atoms with Crippen molar-refractivity contribution in [2.24, 2.45) is 15.4 Å². The molecule has 6 rings (SSSR count). The largest absolute Gasteiger partial charge is 0.478 e. The summed E-state index contributed by atoms with van der Waals surface area (Å²) in [5, 5.41) is 0. The lowest BCUT2D eigenvalue weighted by Gasteiger charge is -2.23. The van der Waals surface area contributed by atoms with E-state index in [1.54, 1.807) is 0 Å². The Balaban J connectivity index is 1.20. The molecule has 0 fully saturated rings. The van der Waals surface area contributed by atoms with E-state index >= 15 is 0 Å². The van der Waals surface area contributed by atoms with Gasteiger partial charge in [0.2, 0.25) is 0 Å². The fourth-order valence-corrected chi connectivity index (χ4v) is 5.53. The van der Waals surface area contributed by atoms with Crippen molar-refractivity contribution in [3.05, 3.63) is 144 Å². The van der Waals surface area contributed by atoms with E-state index in [-0.39, 0.29) is 24.3 Å². The van der Waals surface area contributed by atoms with Gasteiger partial charge in [0.1, 0.15) is 42.9 Å². The predicted molar refractivity (Wildman–Crippen MR) is 169 cm³/mol. The number of ether oxygens (including phenoxy) is 4. The van der Waals surface area contributed by atoms with Crippen molar-refractivity contribution < 1.29 is 18.9 Å². The van der Waals surface area contributed by atoms with Crippen LogP contribution in [-0.4, -0.2) is 37.1 Å². The first-order valence-corrected chi connectivity index (χ1v) is 14.9. The van der Waals surface area contributed by atoms with Gasteiger partial charge < -0.3 is 18.9 Å². The van der Waals surface area contributed by atoms with Gasteiger partial charge in [-0.15, -0.1) is 0 Å². The molecular weight excluding hydrogens is 536 g/mol. The van der Waals surface area contributed by atoms with E-state index in [0.717, 1.165) is 22.3 Å². The minimum Gasteiger partial charge on any atom is -0.478 e. The fourth-order valence-electron chi connectivity index (χ4n) is 5.53. The van der Waals surface area contributed by atoms with Crippen molar-refractivity contribution in [2.45, 2.75) is 51.4 Å². The standard InChI is InChI=1S/C37H38N2O4/c1-37(2,35-38-31(25-42-35)33(29-19-11-5-12-20-29)40-23-27-15-7-3-8-16-27)36-39-32(26-43-36)34(30-21-13-6-14-22-30)41-24-28-17-9-4-10-18-28/h3-22,31-34H,23-26H2,1-2H3/t31-,32-,33-,34-/m0/s1. The summed E-state index contributed by atoms with van der Waals surface area (Å²) >= 11 is 0. The first-order chi connectivity index (χ1) is 21.1. The Morgan fingerprint density at radius 2 is 0.930 bits per heavy atom. The van der Waals surface area contributed by atoms with Gasteiger partial charge in [0.15, 0.2) is 11.8 Å². The molecule has 0 saturated carbocycles. The average molecular weight is 575 g/mol. The van der Waals surface area contributed by atoms with Gasteiger partial charge >= 0.3 is 0 Å². The first kappa shape index (κ1) is 28.8. The van der Waals surface area contributed by atoms with Crippen LogP contribution in [0, 0.1) is 5.41 Å². The number of hydrogen-bond acceptors (Lipinski definition) is 6. The summed E-state index contributed by atoms with van der Waals surface area (Å²) < 4.78 is 25.5. The highest BCUT2D eigenvalue weighted by molar-refractivity contribution is 6.05.